The molecule has 0 aliphatic heterocycles. The lowest BCUT2D eigenvalue weighted by Crippen LogP contribution is -2.15. The molecule has 2 aliphatic rings. The van der Waals surface area contributed by atoms with Crippen LogP contribution in [-0.2, 0) is 10.8 Å². The molecule has 0 saturated heterocycles. The molecule has 102 heavy (non-hydrogen) atoms. The minimum Gasteiger partial charge on any atom is -0.455 e. The third kappa shape index (κ3) is 8.62. The Morgan fingerprint density at radius 3 is 1.08 bits per heavy atom. The largest absolute Gasteiger partial charge is 0.455 e. The van der Waals surface area contributed by atoms with Gasteiger partial charge < -0.3 is 8.83 Å². The van der Waals surface area contributed by atoms with Crippen LogP contribution in [0.4, 0.5) is 0 Å². The molecule has 0 saturated carbocycles. The minimum atomic E-state index is -0.0885. The van der Waals surface area contributed by atoms with E-state index in [1.807, 2.05) is 60.8 Å². The van der Waals surface area contributed by atoms with Crippen molar-refractivity contribution in [2.75, 3.05) is 0 Å². The molecular formula is C94H62N6O2. The van der Waals surface area contributed by atoms with Gasteiger partial charge in [0.1, 0.15) is 44.7 Å². The molecule has 0 atom stereocenters. The zero-order chi connectivity index (χ0) is 67.7. The highest BCUT2D eigenvalue weighted by atomic mass is 16.3. The molecule has 20 aromatic rings. The van der Waals surface area contributed by atoms with Gasteiger partial charge in [0.25, 0.3) is 0 Å². The van der Waals surface area contributed by atoms with Crippen molar-refractivity contribution in [3.63, 3.8) is 0 Å². The Morgan fingerprint density at radius 1 is 0.255 bits per heavy atom. The van der Waals surface area contributed by atoms with Gasteiger partial charge in [-0.2, -0.15) is 0 Å². The number of imidazole rings is 2. The van der Waals surface area contributed by atoms with Crippen molar-refractivity contribution in [3.05, 3.63) is 326 Å². The second-order valence-electron chi connectivity index (χ2n) is 28.5. The number of hydrogen-bond donors (Lipinski definition) is 0. The first kappa shape index (κ1) is 58.0. The molecule has 480 valence electrons. The monoisotopic (exact) mass is 1310 g/mol. The smallest absolute Gasteiger partial charge is 0.165 e. The molecule has 0 fully saturated rings. The van der Waals surface area contributed by atoms with E-state index in [4.69, 9.17) is 28.8 Å². The molecule has 8 heteroatoms. The SMILES string of the molecule is CC1(C)c2ccccc2-c2ccc(-c3cc(-c4ccc5c(c4)C(C)(C)c4ccccc4-5)cc(-c4nc5c(nc6ccccn65)c5ccccc45)c3)cc21.c1ccc2c(c1)oc1c(-c3cc(-c4nc5c(nc6ccccn65)c5ccccc45)cc(-c4cccc5c4oc4ccccc45)c3)cccc12. The van der Waals surface area contributed by atoms with Crippen molar-refractivity contribution >= 4 is 99.0 Å². The van der Waals surface area contributed by atoms with Crippen molar-refractivity contribution in [3.8, 4) is 89.3 Å². The second-order valence-corrected chi connectivity index (χ2v) is 28.5. The number of aromatic nitrogens is 6. The van der Waals surface area contributed by atoms with Crippen molar-refractivity contribution in [1.29, 1.82) is 0 Å². The van der Waals surface area contributed by atoms with Crippen LogP contribution in [-0.4, -0.2) is 28.7 Å². The van der Waals surface area contributed by atoms with E-state index in [-0.39, 0.29) is 10.8 Å². The Morgan fingerprint density at radius 2 is 0.608 bits per heavy atom. The van der Waals surface area contributed by atoms with E-state index >= 15 is 0 Å². The molecular weight excluding hydrogens is 1250 g/mol. The van der Waals surface area contributed by atoms with E-state index in [2.05, 4.69) is 279 Å². The van der Waals surface area contributed by atoms with Crippen molar-refractivity contribution < 1.29 is 8.83 Å². The van der Waals surface area contributed by atoms with Crippen LogP contribution in [0, 0.1) is 0 Å². The number of pyridine rings is 4. The van der Waals surface area contributed by atoms with E-state index in [0.29, 0.717) is 0 Å². The maximum atomic E-state index is 6.56. The number of para-hydroxylation sites is 4. The molecule has 0 spiro atoms. The van der Waals surface area contributed by atoms with Crippen LogP contribution in [0.1, 0.15) is 49.9 Å². The van der Waals surface area contributed by atoms with Crippen LogP contribution >= 0.6 is 0 Å². The van der Waals surface area contributed by atoms with E-state index in [0.717, 1.165) is 144 Å². The van der Waals surface area contributed by atoms with Crippen LogP contribution < -0.4 is 0 Å². The number of furan rings is 2. The van der Waals surface area contributed by atoms with Gasteiger partial charge in [-0.15, -0.1) is 0 Å². The second kappa shape index (κ2) is 21.7. The summed E-state index contributed by atoms with van der Waals surface area (Å²) in [5, 5.41) is 8.72. The lowest BCUT2D eigenvalue weighted by atomic mass is 9.81. The van der Waals surface area contributed by atoms with E-state index in [1.54, 1.807) is 0 Å². The highest BCUT2D eigenvalue weighted by Crippen LogP contribution is 2.53. The molecule has 2 aliphatic carbocycles. The Kier molecular flexibility index (Phi) is 12.4. The van der Waals surface area contributed by atoms with E-state index < -0.39 is 0 Å². The van der Waals surface area contributed by atoms with Gasteiger partial charge in [-0.1, -0.05) is 234 Å². The normalized spacial score (nSPS) is 13.5. The van der Waals surface area contributed by atoms with Gasteiger partial charge in [-0.3, -0.25) is 8.80 Å². The van der Waals surface area contributed by atoms with Gasteiger partial charge in [-0.05, 0) is 163 Å². The minimum absolute atomic E-state index is 0.0885. The van der Waals surface area contributed by atoms with Crippen molar-refractivity contribution in [1.82, 2.24) is 28.7 Å². The zero-order valence-corrected chi connectivity index (χ0v) is 56.4. The molecule has 8 aromatic heterocycles. The fourth-order valence-electron chi connectivity index (χ4n) is 17.0. The summed E-state index contributed by atoms with van der Waals surface area (Å²) in [6.07, 6.45) is 4.09. The summed E-state index contributed by atoms with van der Waals surface area (Å²) in [6.45, 7) is 9.42. The molecule has 8 nitrogen and oxygen atoms in total. The van der Waals surface area contributed by atoms with Gasteiger partial charge in [0.15, 0.2) is 11.3 Å². The number of benzene rings is 12. The topological polar surface area (TPSA) is 86.7 Å². The average molecular weight is 1310 g/mol. The maximum absolute atomic E-state index is 6.56. The lowest BCUT2D eigenvalue weighted by molar-refractivity contribution is 0.660. The predicted molar refractivity (Wildman–Crippen MR) is 418 cm³/mol. The van der Waals surface area contributed by atoms with Crippen LogP contribution in [0.15, 0.2) is 312 Å². The van der Waals surface area contributed by atoms with Gasteiger partial charge in [-0.25, -0.2) is 19.9 Å². The van der Waals surface area contributed by atoms with E-state index in [9.17, 15) is 0 Å². The molecule has 0 radical (unpaired) electrons. The average Bonchev–Trinajstić information content (AvgIpc) is 1.49. The molecule has 8 heterocycles. The molecule has 0 amide bonds. The van der Waals surface area contributed by atoms with Gasteiger partial charge in [0.05, 0.1) is 11.4 Å². The third-order valence-corrected chi connectivity index (χ3v) is 22.0. The van der Waals surface area contributed by atoms with E-state index in [1.165, 1.54) is 66.8 Å². The third-order valence-electron chi connectivity index (χ3n) is 22.0. The molecule has 0 unspecified atom stereocenters. The summed E-state index contributed by atoms with van der Waals surface area (Å²) >= 11 is 0. The first-order valence-corrected chi connectivity index (χ1v) is 35.0. The van der Waals surface area contributed by atoms with Crippen molar-refractivity contribution in [2.24, 2.45) is 0 Å². The summed E-state index contributed by atoms with van der Waals surface area (Å²) in [7, 11) is 0. The Hall–Kier alpha value is -13.0. The number of rotatable bonds is 6. The number of fused-ring (bicyclic) bond motifs is 22. The van der Waals surface area contributed by atoms with Crippen LogP contribution in [0.5, 0.6) is 0 Å². The Labute approximate surface area is 586 Å². The first-order chi connectivity index (χ1) is 50.1. The first-order valence-electron chi connectivity index (χ1n) is 35.0. The Bertz CT molecular complexity index is 6720. The van der Waals surface area contributed by atoms with Crippen LogP contribution in [0.2, 0.25) is 0 Å². The van der Waals surface area contributed by atoms with Crippen molar-refractivity contribution in [2.45, 2.75) is 38.5 Å². The molecule has 22 rings (SSSR count). The molecule has 0 N–H and O–H groups in total. The quantitative estimate of drug-likeness (QED) is 0.165. The summed E-state index contributed by atoms with van der Waals surface area (Å²) in [4.78, 5) is 20.9. The predicted octanol–water partition coefficient (Wildman–Crippen LogP) is 24.5. The lowest BCUT2D eigenvalue weighted by Gasteiger charge is -2.22. The Balaban J connectivity index is 0.000000133. The van der Waals surface area contributed by atoms with Crippen LogP contribution in [0.3, 0.4) is 0 Å². The zero-order valence-electron chi connectivity index (χ0n) is 56.4. The van der Waals surface area contributed by atoms with Crippen LogP contribution in [0.25, 0.3) is 188 Å². The fourth-order valence-corrected chi connectivity index (χ4v) is 17.0. The summed E-state index contributed by atoms with van der Waals surface area (Å²) in [5.41, 5.74) is 32.3. The molecule has 12 aromatic carbocycles. The summed E-state index contributed by atoms with van der Waals surface area (Å²) < 4.78 is 17.3. The van der Waals surface area contributed by atoms with Gasteiger partial charge in [0.2, 0.25) is 0 Å². The standard InChI is InChI=1S/C50H37N3.C44H25N3O2/c1-49(2)41-17-9-7-13-35(41)37-22-20-30(28-43(37)49)32-25-33(31-21-23-38-36-14-8-10-18-42(36)50(3,4)44(38)29-31)27-34(26-32)46-39-15-5-6-16-40(39)47-48(52-46)53-24-12-11-19-45(53)51-47;1-2-14-34-33(13-1)40(46-44-41(34)45-39-21-7-8-22-47(39)44)28-24-26(29-15-9-17-35-31-11-3-5-19-37(31)48-42(29)35)23-27(25-28)30-16-10-18-36-32-12-4-6-20-38(32)49-43(30)36/h5-29H,1-4H3;1-25H. The molecule has 0 bridgehead atoms. The maximum Gasteiger partial charge on any atom is 0.165 e. The number of hydrogen-bond acceptors (Lipinski definition) is 6. The van der Waals surface area contributed by atoms with Gasteiger partial charge >= 0.3 is 0 Å². The highest BCUT2D eigenvalue weighted by molar-refractivity contribution is 6.15. The van der Waals surface area contributed by atoms with Gasteiger partial charge in [0, 0.05) is 88.6 Å². The summed E-state index contributed by atoms with van der Waals surface area (Å²) in [5.74, 6) is 0. The highest BCUT2D eigenvalue weighted by Gasteiger charge is 2.37. The summed E-state index contributed by atoms with van der Waals surface area (Å²) in [6, 6.07) is 104. The number of nitrogens with zero attached hydrogens (tertiary/aromatic N) is 6. The fraction of sp³-hybridized carbons (Fsp3) is 0.0638.